The molecule has 2 N–H and O–H groups in total. The van der Waals surface area contributed by atoms with E-state index in [4.69, 9.17) is 27.9 Å². The number of urea groups is 1. The lowest BCUT2D eigenvalue weighted by Gasteiger charge is -2.20. The molecule has 8 heteroatoms. The standard InChI is InChI=1S/C19H24Cl2N2O4/c1-2-27-17(24)11-22-19(26)23-18(25)14(9-12-5-3-4-6-12)13-7-8-15(20)16(21)10-13/h7-8,10,12,14H,2-6,9,11H2,1H3,(H2,22,23,25,26)/t14-/m0/s1. The summed E-state index contributed by atoms with van der Waals surface area (Å²) in [7, 11) is 0. The summed E-state index contributed by atoms with van der Waals surface area (Å²) in [5.41, 5.74) is 0.715. The quantitative estimate of drug-likeness (QED) is 0.659. The molecule has 0 spiro atoms. The van der Waals surface area contributed by atoms with Crippen LogP contribution in [-0.2, 0) is 14.3 Å². The Morgan fingerprint density at radius 3 is 2.52 bits per heavy atom. The van der Waals surface area contributed by atoms with E-state index in [2.05, 4.69) is 10.6 Å². The maximum absolute atomic E-state index is 12.7. The average Bonchev–Trinajstić information content (AvgIpc) is 3.14. The summed E-state index contributed by atoms with van der Waals surface area (Å²) in [6.07, 6.45) is 5.08. The third-order valence-corrected chi connectivity index (χ3v) is 5.38. The van der Waals surface area contributed by atoms with E-state index in [1.54, 1.807) is 25.1 Å². The number of hydrogen-bond donors (Lipinski definition) is 2. The normalized spacial score (nSPS) is 15.2. The van der Waals surface area contributed by atoms with Crippen molar-refractivity contribution in [3.8, 4) is 0 Å². The monoisotopic (exact) mass is 414 g/mol. The fraction of sp³-hybridized carbons (Fsp3) is 0.526. The Balaban J connectivity index is 2.04. The van der Waals surface area contributed by atoms with Crippen LogP contribution in [0.25, 0.3) is 0 Å². The van der Waals surface area contributed by atoms with Gasteiger partial charge < -0.3 is 10.1 Å². The first-order valence-corrected chi connectivity index (χ1v) is 9.85. The molecule has 1 aliphatic carbocycles. The van der Waals surface area contributed by atoms with Gasteiger partial charge in [0.1, 0.15) is 6.54 Å². The van der Waals surface area contributed by atoms with Crippen LogP contribution in [0.5, 0.6) is 0 Å². The van der Waals surface area contributed by atoms with Crippen LogP contribution in [0.15, 0.2) is 18.2 Å². The van der Waals surface area contributed by atoms with E-state index in [0.29, 0.717) is 27.9 Å². The van der Waals surface area contributed by atoms with Crippen molar-refractivity contribution < 1.29 is 19.1 Å². The first-order valence-electron chi connectivity index (χ1n) is 9.10. The number of ether oxygens (including phenoxy) is 1. The van der Waals surface area contributed by atoms with E-state index in [-0.39, 0.29) is 13.2 Å². The molecule has 6 nitrogen and oxygen atoms in total. The molecule has 0 heterocycles. The second kappa shape index (κ2) is 10.5. The van der Waals surface area contributed by atoms with E-state index in [1.165, 1.54) is 0 Å². The number of amides is 3. The highest BCUT2D eigenvalue weighted by atomic mass is 35.5. The predicted molar refractivity (Wildman–Crippen MR) is 104 cm³/mol. The van der Waals surface area contributed by atoms with E-state index < -0.39 is 23.8 Å². The lowest BCUT2D eigenvalue weighted by Crippen LogP contribution is -2.44. The topological polar surface area (TPSA) is 84.5 Å². The molecule has 1 fully saturated rings. The molecule has 0 bridgehead atoms. The number of hydrogen-bond acceptors (Lipinski definition) is 4. The van der Waals surface area contributed by atoms with E-state index in [0.717, 1.165) is 25.7 Å². The van der Waals surface area contributed by atoms with Crippen molar-refractivity contribution in [2.45, 2.75) is 44.9 Å². The van der Waals surface area contributed by atoms with Gasteiger partial charge in [0.25, 0.3) is 0 Å². The first-order chi connectivity index (χ1) is 12.9. The van der Waals surface area contributed by atoms with E-state index >= 15 is 0 Å². The van der Waals surface area contributed by atoms with Gasteiger partial charge in [0.2, 0.25) is 5.91 Å². The summed E-state index contributed by atoms with van der Waals surface area (Å²) < 4.78 is 4.73. The maximum Gasteiger partial charge on any atom is 0.325 e. The molecule has 1 aromatic carbocycles. The van der Waals surface area contributed by atoms with E-state index in [1.807, 2.05) is 0 Å². The molecule has 0 unspecified atom stereocenters. The fourth-order valence-electron chi connectivity index (χ4n) is 3.31. The minimum absolute atomic E-state index is 0.224. The summed E-state index contributed by atoms with van der Waals surface area (Å²) in [6, 6.07) is 4.34. The summed E-state index contributed by atoms with van der Waals surface area (Å²) in [5, 5.41) is 5.41. The molecule has 0 aromatic heterocycles. The lowest BCUT2D eigenvalue weighted by molar-refractivity contribution is -0.141. The molecule has 2 rings (SSSR count). The third kappa shape index (κ3) is 6.70. The van der Waals surface area contributed by atoms with Gasteiger partial charge in [-0.25, -0.2) is 4.79 Å². The molecule has 1 aromatic rings. The molecule has 148 valence electrons. The molecule has 1 saturated carbocycles. The highest BCUT2D eigenvalue weighted by molar-refractivity contribution is 6.42. The van der Waals surface area contributed by atoms with Crippen molar-refractivity contribution in [3.05, 3.63) is 33.8 Å². The molecule has 3 amide bonds. The van der Waals surface area contributed by atoms with Crippen LogP contribution in [0.4, 0.5) is 4.79 Å². The van der Waals surface area contributed by atoms with Gasteiger partial charge in [-0.15, -0.1) is 0 Å². The highest BCUT2D eigenvalue weighted by Gasteiger charge is 2.28. The lowest BCUT2D eigenvalue weighted by atomic mass is 9.87. The van der Waals surface area contributed by atoms with Crippen LogP contribution in [0.3, 0.4) is 0 Å². The van der Waals surface area contributed by atoms with Gasteiger partial charge in [-0.05, 0) is 37.0 Å². The number of carbonyl (C=O) groups excluding carboxylic acids is 3. The smallest absolute Gasteiger partial charge is 0.325 e. The Hall–Kier alpha value is -1.79. The van der Waals surface area contributed by atoms with Crippen molar-refractivity contribution >= 4 is 41.1 Å². The van der Waals surface area contributed by atoms with Gasteiger partial charge in [-0.1, -0.05) is 55.0 Å². The van der Waals surface area contributed by atoms with Crippen LogP contribution in [0.2, 0.25) is 10.0 Å². The number of imide groups is 1. The van der Waals surface area contributed by atoms with Crippen LogP contribution < -0.4 is 10.6 Å². The number of carbonyl (C=O) groups is 3. The second-order valence-corrected chi connectivity index (χ2v) is 7.40. The van der Waals surface area contributed by atoms with Crippen molar-refractivity contribution in [2.75, 3.05) is 13.2 Å². The Bertz CT molecular complexity index is 690. The number of halogens is 2. The molecule has 1 atom stereocenters. The Labute approximate surface area is 168 Å². The summed E-state index contributed by atoms with van der Waals surface area (Å²) >= 11 is 12.1. The number of benzene rings is 1. The molecule has 0 aliphatic heterocycles. The van der Waals surface area contributed by atoms with Crippen LogP contribution in [-0.4, -0.2) is 31.1 Å². The minimum atomic E-state index is -0.732. The molecule has 0 saturated heterocycles. The van der Waals surface area contributed by atoms with Crippen LogP contribution in [0, 0.1) is 5.92 Å². The first kappa shape index (κ1) is 21.5. The zero-order valence-corrected chi connectivity index (χ0v) is 16.7. The van der Waals surface area contributed by atoms with Crippen LogP contribution in [0.1, 0.15) is 50.5 Å². The van der Waals surface area contributed by atoms with Gasteiger partial charge >= 0.3 is 12.0 Å². The Morgan fingerprint density at radius 1 is 1.19 bits per heavy atom. The van der Waals surface area contributed by atoms with Gasteiger partial charge in [0, 0.05) is 0 Å². The molecule has 27 heavy (non-hydrogen) atoms. The average molecular weight is 415 g/mol. The number of nitrogens with one attached hydrogen (secondary N) is 2. The fourth-order valence-corrected chi connectivity index (χ4v) is 3.62. The SMILES string of the molecule is CCOC(=O)CNC(=O)NC(=O)[C@@H](CC1CCCC1)c1ccc(Cl)c(Cl)c1. The van der Waals surface area contributed by atoms with Gasteiger partial charge in [-0.3, -0.25) is 14.9 Å². The largest absolute Gasteiger partial charge is 0.465 e. The third-order valence-electron chi connectivity index (χ3n) is 4.64. The summed E-state index contributed by atoms with van der Waals surface area (Å²) in [6.45, 7) is 1.60. The molecular weight excluding hydrogens is 391 g/mol. The second-order valence-electron chi connectivity index (χ2n) is 6.59. The van der Waals surface area contributed by atoms with Crippen LogP contribution >= 0.6 is 23.2 Å². The Kier molecular flexibility index (Phi) is 8.38. The van der Waals surface area contributed by atoms with Gasteiger partial charge in [0.15, 0.2) is 0 Å². The highest BCUT2D eigenvalue weighted by Crippen LogP contribution is 2.36. The van der Waals surface area contributed by atoms with Crippen molar-refractivity contribution in [1.29, 1.82) is 0 Å². The zero-order chi connectivity index (χ0) is 19.8. The van der Waals surface area contributed by atoms with Crippen molar-refractivity contribution in [2.24, 2.45) is 5.92 Å². The Morgan fingerprint density at radius 2 is 1.89 bits per heavy atom. The number of rotatable bonds is 7. The maximum atomic E-state index is 12.7. The molecule has 0 radical (unpaired) electrons. The van der Waals surface area contributed by atoms with Crippen molar-refractivity contribution in [3.63, 3.8) is 0 Å². The van der Waals surface area contributed by atoms with Gasteiger partial charge in [-0.2, -0.15) is 0 Å². The van der Waals surface area contributed by atoms with Crippen molar-refractivity contribution in [1.82, 2.24) is 10.6 Å². The molecule has 1 aliphatic rings. The summed E-state index contributed by atoms with van der Waals surface area (Å²) in [4.78, 5) is 36.0. The predicted octanol–water partition coefficient (Wildman–Crippen LogP) is 4.05. The van der Waals surface area contributed by atoms with E-state index in [9.17, 15) is 14.4 Å². The molecular formula is C19H24Cl2N2O4. The minimum Gasteiger partial charge on any atom is -0.465 e. The zero-order valence-electron chi connectivity index (χ0n) is 15.2. The number of esters is 1. The summed E-state index contributed by atoms with van der Waals surface area (Å²) in [5.74, 6) is -1.08. The van der Waals surface area contributed by atoms with Gasteiger partial charge in [0.05, 0.1) is 22.6 Å².